The highest BCUT2D eigenvalue weighted by Crippen LogP contribution is 2.22. The molecule has 0 radical (unpaired) electrons. The van der Waals surface area contributed by atoms with Crippen molar-refractivity contribution in [2.45, 2.75) is 19.0 Å². The number of hydrogen-bond acceptors (Lipinski definition) is 6. The molecule has 136 valence electrons. The van der Waals surface area contributed by atoms with E-state index in [1.54, 1.807) is 45.3 Å². The van der Waals surface area contributed by atoms with Crippen LogP contribution in [-0.2, 0) is 22.5 Å². The van der Waals surface area contributed by atoms with Crippen LogP contribution in [0.4, 0.5) is 4.39 Å². The summed E-state index contributed by atoms with van der Waals surface area (Å²) in [6.45, 7) is 0.675. The molecule has 0 aliphatic carbocycles. The Labute approximate surface area is 146 Å². The fourth-order valence-electron chi connectivity index (χ4n) is 2.48. The van der Waals surface area contributed by atoms with Crippen molar-refractivity contribution in [2.24, 2.45) is 0 Å². The van der Waals surface area contributed by atoms with Crippen molar-refractivity contribution in [3.05, 3.63) is 47.4 Å². The van der Waals surface area contributed by atoms with Gasteiger partial charge in [-0.15, -0.1) is 0 Å². The van der Waals surface area contributed by atoms with E-state index in [-0.39, 0.29) is 18.3 Å². The highest BCUT2D eigenvalue weighted by molar-refractivity contribution is 5.83. The van der Waals surface area contributed by atoms with E-state index in [0.29, 0.717) is 30.3 Å². The summed E-state index contributed by atoms with van der Waals surface area (Å²) in [7, 11) is 6.80. The lowest BCUT2D eigenvalue weighted by Gasteiger charge is -2.28. The summed E-state index contributed by atoms with van der Waals surface area (Å²) in [5.41, 5.74) is 0.591. The van der Waals surface area contributed by atoms with Gasteiger partial charge in [-0.2, -0.15) is 4.98 Å². The molecular formula is C17H23FN4O3. The van der Waals surface area contributed by atoms with Crippen molar-refractivity contribution in [3.8, 4) is 0 Å². The second-order valence-corrected chi connectivity index (χ2v) is 5.96. The lowest BCUT2D eigenvalue weighted by Crippen LogP contribution is -2.38. The fraction of sp³-hybridized carbons (Fsp3) is 0.471. The van der Waals surface area contributed by atoms with Crippen LogP contribution in [-0.4, -0.2) is 60.7 Å². The monoisotopic (exact) mass is 350 g/mol. The Kier molecular flexibility index (Phi) is 6.60. The number of halogens is 1. The van der Waals surface area contributed by atoms with Crippen LogP contribution in [0.15, 0.2) is 28.8 Å². The van der Waals surface area contributed by atoms with Gasteiger partial charge in [0, 0.05) is 20.6 Å². The molecule has 0 unspecified atom stereocenters. The van der Waals surface area contributed by atoms with Gasteiger partial charge in [0.1, 0.15) is 11.9 Å². The van der Waals surface area contributed by atoms with Gasteiger partial charge in [-0.3, -0.25) is 9.69 Å². The van der Waals surface area contributed by atoms with Crippen molar-refractivity contribution >= 4 is 5.91 Å². The van der Waals surface area contributed by atoms with Crippen LogP contribution in [0.2, 0.25) is 0 Å². The normalized spacial score (nSPS) is 12.4. The van der Waals surface area contributed by atoms with Crippen LogP contribution < -0.4 is 0 Å². The van der Waals surface area contributed by atoms with Crippen molar-refractivity contribution in [2.75, 3.05) is 34.9 Å². The molecule has 1 amide bonds. The Morgan fingerprint density at radius 1 is 1.36 bits per heavy atom. The maximum absolute atomic E-state index is 13.5. The molecule has 1 aromatic carbocycles. The maximum Gasteiger partial charge on any atom is 0.246 e. The number of hydrogen-bond donors (Lipinski definition) is 0. The minimum Gasteiger partial charge on any atom is -0.384 e. The van der Waals surface area contributed by atoms with Gasteiger partial charge in [-0.25, -0.2) is 4.39 Å². The summed E-state index contributed by atoms with van der Waals surface area (Å²) < 4.78 is 23.7. The van der Waals surface area contributed by atoms with E-state index < -0.39 is 6.04 Å². The number of likely N-dealkylation sites (N-methyl/N-ethyl adjacent to an activating group) is 2. The number of carbonyl (C=O) groups is 1. The summed E-state index contributed by atoms with van der Waals surface area (Å²) in [6, 6.07) is 5.44. The maximum atomic E-state index is 13.5. The van der Waals surface area contributed by atoms with Crippen LogP contribution >= 0.6 is 0 Å². The molecule has 0 saturated heterocycles. The van der Waals surface area contributed by atoms with Gasteiger partial charge in [-0.1, -0.05) is 17.3 Å². The van der Waals surface area contributed by atoms with Crippen LogP contribution in [0.25, 0.3) is 0 Å². The molecule has 25 heavy (non-hydrogen) atoms. The second kappa shape index (κ2) is 8.68. The highest BCUT2D eigenvalue weighted by Gasteiger charge is 2.27. The number of benzene rings is 1. The molecule has 0 bridgehead atoms. The molecule has 0 aliphatic heterocycles. The number of methoxy groups -OCH3 is 1. The van der Waals surface area contributed by atoms with Gasteiger partial charge in [-0.05, 0) is 31.8 Å². The SMILES string of the molecule is COCCc1noc(CN(C)C(=O)[C@H](c2cccc(F)c2)N(C)C)n1. The van der Waals surface area contributed by atoms with Crippen molar-refractivity contribution < 1.29 is 18.4 Å². The highest BCUT2D eigenvalue weighted by atomic mass is 19.1. The third-order valence-corrected chi connectivity index (χ3v) is 3.70. The molecule has 1 heterocycles. The largest absolute Gasteiger partial charge is 0.384 e. The molecule has 0 fully saturated rings. The molecule has 0 spiro atoms. The zero-order valence-electron chi connectivity index (χ0n) is 14.9. The minimum atomic E-state index is -0.600. The first kappa shape index (κ1) is 19.0. The zero-order valence-corrected chi connectivity index (χ0v) is 14.9. The Morgan fingerprint density at radius 3 is 2.76 bits per heavy atom. The first-order valence-electron chi connectivity index (χ1n) is 7.89. The summed E-state index contributed by atoms with van der Waals surface area (Å²) in [6.07, 6.45) is 0.543. The topological polar surface area (TPSA) is 71.7 Å². The summed E-state index contributed by atoms with van der Waals surface area (Å²) in [5, 5.41) is 3.85. The number of amides is 1. The van der Waals surface area contributed by atoms with Crippen LogP contribution in [0.3, 0.4) is 0 Å². The van der Waals surface area contributed by atoms with E-state index in [1.807, 2.05) is 0 Å². The van der Waals surface area contributed by atoms with E-state index in [2.05, 4.69) is 10.1 Å². The van der Waals surface area contributed by atoms with Crippen LogP contribution in [0.1, 0.15) is 23.3 Å². The number of ether oxygens (including phenoxy) is 1. The lowest BCUT2D eigenvalue weighted by molar-refractivity contribution is -0.135. The molecule has 0 aliphatic rings. The van der Waals surface area contributed by atoms with Gasteiger partial charge in [0.2, 0.25) is 11.8 Å². The predicted molar refractivity (Wildman–Crippen MR) is 89.2 cm³/mol. The quantitative estimate of drug-likeness (QED) is 0.721. The van der Waals surface area contributed by atoms with Crippen molar-refractivity contribution in [1.82, 2.24) is 19.9 Å². The van der Waals surface area contributed by atoms with Gasteiger partial charge < -0.3 is 14.2 Å². The van der Waals surface area contributed by atoms with Crippen molar-refractivity contribution in [1.29, 1.82) is 0 Å². The van der Waals surface area contributed by atoms with Crippen molar-refractivity contribution in [3.63, 3.8) is 0 Å². The average molecular weight is 350 g/mol. The Bertz CT molecular complexity index is 705. The van der Waals surface area contributed by atoms with E-state index in [9.17, 15) is 9.18 Å². The standard InChI is InChI=1S/C17H23FN4O3/c1-21(2)16(12-6-5-7-13(18)10-12)17(23)22(3)11-15-19-14(20-25-15)8-9-24-4/h5-7,10,16H,8-9,11H2,1-4H3/t16-/m0/s1. The van der Waals surface area contributed by atoms with Crippen LogP contribution in [0, 0.1) is 5.82 Å². The van der Waals surface area contributed by atoms with E-state index >= 15 is 0 Å². The van der Waals surface area contributed by atoms with E-state index in [0.717, 1.165) is 0 Å². The second-order valence-electron chi connectivity index (χ2n) is 5.96. The molecule has 2 rings (SSSR count). The third-order valence-electron chi connectivity index (χ3n) is 3.70. The molecule has 8 heteroatoms. The number of nitrogens with zero attached hydrogens (tertiary/aromatic N) is 4. The molecule has 1 atom stereocenters. The summed E-state index contributed by atoms with van der Waals surface area (Å²) in [4.78, 5) is 20.3. The number of aromatic nitrogens is 2. The van der Waals surface area contributed by atoms with E-state index in [1.165, 1.54) is 17.0 Å². The van der Waals surface area contributed by atoms with Gasteiger partial charge >= 0.3 is 0 Å². The summed E-state index contributed by atoms with van der Waals surface area (Å²) >= 11 is 0. The molecule has 7 nitrogen and oxygen atoms in total. The Hall–Kier alpha value is -2.32. The Morgan fingerprint density at radius 2 is 2.12 bits per heavy atom. The first-order chi connectivity index (χ1) is 11.9. The minimum absolute atomic E-state index is 0.179. The fourth-order valence-corrected chi connectivity index (χ4v) is 2.48. The third kappa shape index (κ3) is 5.07. The molecule has 1 aromatic heterocycles. The van der Waals surface area contributed by atoms with Crippen LogP contribution in [0.5, 0.6) is 0 Å². The lowest BCUT2D eigenvalue weighted by atomic mass is 10.0. The van der Waals surface area contributed by atoms with Gasteiger partial charge in [0.15, 0.2) is 5.82 Å². The molecule has 2 aromatic rings. The van der Waals surface area contributed by atoms with Gasteiger partial charge in [0.05, 0.1) is 13.2 Å². The predicted octanol–water partition coefficient (Wildman–Crippen LogP) is 1.66. The smallest absolute Gasteiger partial charge is 0.246 e. The number of rotatable bonds is 8. The molecule has 0 N–H and O–H groups in total. The number of carbonyl (C=O) groups excluding carboxylic acids is 1. The summed E-state index contributed by atoms with van der Waals surface area (Å²) in [5.74, 6) is 0.317. The van der Waals surface area contributed by atoms with E-state index in [4.69, 9.17) is 9.26 Å². The molecular weight excluding hydrogens is 327 g/mol. The van der Waals surface area contributed by atoms with Gasteiger partial charge in [0.25, 0.3) is 0 Å². The Balaban J connectivity index is 2.09. The molecule has 0 saturated carbocycles. The zero-order chi connectivity index (χ0) is 18.4. The first-order valence-corrected chi connectivity index (χ1v) is 7.89. The average Bonchev–Trinajstić information content (AvgIpc) is 3.00.